The molecule has 110 valence electrons. The van der Waals surface area contributed by atoms with Crippen LogP contribution in [0.5, 0.6) is 0 Å². The lowest BCUT2D eigenvalue weighted by molar-refractivity contribution is -0.117. The van der Waals surface area contributed by atoms with E-state index in [0.29, 0.717) is 17.7 Å². The number of hydrogen-bond donors (Lipinski definition) is 3. The van der Waals surface area contributed by atoms with Crippen LogP contribution in [0.25, 0.3) is 0 Å². The second-order valence-corrected chi connectivity index (χ2v) is 4.85. The maximum atomic E-state index is 11.9. The second kappa shape index (κ2) is 7.65. The summed E-state index contributed by atoms with van der Waals surface area (Å²) < 4.78 is 0. The number of rotatable bonds is 6. The molecule has 20 heavy (non-hydrogen) atoms. The number of nitrogens with one attached hydrogen (secondary N) is 2. The van der Waals surface area contributed by atoms with Crippen LogP contribution in [0.3, 0.4) is 0 Å². The van der Waals surface area contributed by atoms with Crippen LogP contribution < -0.4 is 16.4 Å². The van der Waals surface area contributed by atoms with E-state index < -0.39 is 6.04 Å². The Morgan fingerprint density at radius 2 is 2.05 bits per heavy atom. The Morgan fingerprint density at radius 1 is 1.35 bits per heavy atom. The highest BCUT2D eigenvalue weighted by molar-refractivity contribution is 5.97. The first-order valence-electron chi connectivity index (χ1n) is 6.88. The lowest BCUT2D eigenvalue weighted by Gasteiger charge is -2.14. The van der Waals surface area contributed by atoms with Crippen LogP contribution >= 0.6 is 0 Å². The Hall–Kier alpha value is -1.88. The molecule has 0 heterocycles. The van der Waals surface area contributed by atoms with Crippen molar-refractivity contribution in [2.45, 2.75) is 39.2 Å². The number of hydrogen-bond acceptors (Lipinski definition) is 3. The number of carbonyl (C=O) groups is 2. The molecule has 1 atom stereocenters. The molecule has 1 rings (SSSR count). The lowest BCUT2D eigenvalue weighted by Crippen LogP contribution is -2.35. The average Bonchev–Trinajstić information content (AvgIpc) is 2.45. The predicted octanol–water partition coefficient (Wildman–Crippen LogP) is 1.81. The van der Waals surface area contributed by atoms with Crippen LogP contribution in [0.2, 0.25) is 0 Å². The quantitative estimate of drug-likeness (QED) is 0.741. The van der Waals surface area contributed by atoms with Crippen molar-refractivity contribution in [2.75, 3.05) is 12.4 Å². The summed E-state index contributed by atoms with van der Waals surface area (Å²) in [5.74, 6) is -0.333. The van der Waals surface area contributed by atoms with Gasteiger partial charge in [0.25, 0.3) is 5.91 Å². The third-order valence-corrected chi connectivity index (χ3v) is 3.18. The minimum absolute atomic E-state index is 0.148. The van der Waals surface area contributed by atoms with Gasteiger partial charge in [0.15, 0.2) is 0 Å². The van der Waals surface area contributed by atoms with Crippen molar-refractivity contribution in [3.63, 3.8) is 0 Å². The summed E-state index contributed by atoms with van der Waals surface area (Å²) in [6.45, 7) is 3.91. The molecule has 0 bridgehead atoms. The second-order valence-electron chi connectivity index (χ2n) is 4.85. The maximum absolute atomic E-state index is 11.9. The highest BCUT2D eigenvalue weighted by Crippen LogP contribution is 2.17. The van der Waals surface area contributed by atoms with E-state index in [-0.39, 0.29) is 11.8 Å². The molecule has 0 aliphatic rings. The summed E-state index contributed by atoms with van der Waals surface area (Å²) in [6.07, 6.45) is 2.63. The zero-order chi connectivity index (χ0) is 15.1. The lowest BCUT2D eigenvalue weighted by atomic mass is 10.1. The summed E-state index contributed by atoms with van der Waals surface area (Å²) in [6, 6.07) is 4.66. The fraction of sp³-hybridized carbons (Fsp3) is 0.467. The number of benzene rings is 1. The van der Waals surface area contributed by atoms with E-state index in [4.69, 9.17) is 5.73 Å². The zero-order valence-corrected chi connectivity index (χ0v) is 12.3. The molecule has 0 aliphatic heterocycles. The van der Waals surface area contributed by atoms with Crippen LogP contribution in [0.1, 0.15) is 42.1 Å². The molecule has 5 nitrogen and oxygen atoms in total. The fourth-order valence-corrected chi connectivity index (χ4v) is 1.87. The van der Waals surface area contributed by atoms with E-state index in [1.807, 2.05) is 6.92 Å². The van der Waals surface area contributed by atoms with E-state index in [2.05, 4.69) is 17.6 Å². The van der Waals surface area contributed by atoms with Crippen molar-refractivity contribution < 1.29 is 9.59 Å². The number of unbranched alkanes of at least 4 members (excludes halogenated alkanes) is 1. The first kappa shape index (κ1) is 16.2. The first-order valence-corrected chi connectivity index (χ1v) is 6.88. The molecule has 5 heteroatoms. The molecule has 0 saturated carbocycles. The minimum Gasteiger partial charge on any atom is -0.355 e. The highest BCUT2D eigenvalue weighted by Gasteiger charge is 2.14. The largest absolute Gasteiger partial charge is 0.355 e. The van der Waals surface area contributed by atoms with Crippen LogP contribution in [-0.4, -0.2) is 24.9 Å². The summed E-state index contributed by atoms with van der Waals surface area (Å²) in [5, 5.41) is 5.37. The van der Waals surface area contributed by atoms with Gasteiger partial charge in [0.2, 0.25) is 5.91 Å². The van der Waals surface area contributed by atoms with E-state index in [9.17, 15) is 9.59 Å². The van der Waals surface area contributed by atoms with Crippen LogP contribution in [0, 0.1) is 6.92 Å². The van der Waals surface area contributed by atoms with Crippen molar-refractivity contribution in [3.05, 3.63) is 29.3 Å². The van der Waals surface area contributed by atoms with Crippen LogP contribution in [0.4, 0.5) is 5.69 Å². The van der Waals surface area contributed by atoms with Crippen molar-refractivity contribution >= 4 is 17.5 Å². The third kappa shape index (κ3) is 4.35. The Morgan fingerprint density at radius 3 is 2.60 bits per heavy atom. The number of anilines is 1. The van der Waals surface area contributed by atoms with Gasteiger partial charge in [-0.2, -0.15) is 0 Å². The maximum Gasteiger partial charge on any atom is 0.251 e. The van der Waals surface area contributed by atoms with Gasteiger partial charge in [-0.25, -0.2) is 0 Å². The van der Waals surface area contributed by atoms with Crippen molar-refractivity contribution in [2.24, 2.45) is 5.73 Å². The number of carbonyl (C=O) groups excluding carboxylic acids is 2. The number of nitrogens with two attached hydrogens (primary N) is 1. The summed E-state index contributed by atoms with van der Waals surface area (Å²) in [4.78, 5) is 23.4. The van der Waals surface area contributed by atoms with Gasteiger partial charge in [-0.05, 0) is 37.1 Å². The van der Waals surface area contributed by atoms with Crippen LogP contribution in [-0.2, 0) is 4.79 Å². The van der Waals surface area contributed by atoms with Crippen molar-refractivity contribution in [3.8, 4) is 0 Å². The Balaban J connectivity index is 2.73. The molecule has 0 aromatic heterocycles. The van der Waals surface area contributed by atoms with Gasteiger partial charge in [-0.1, -0.05) is 19.8 Å². The molecule has 0 aliphatic carbocycles. The van der Waals surface area contributed by atoms with E-state index >= 15 is 0 Å². The molecule has 2 amide bonds. The van der Waals surface area contributed by atoms with Crippen LogP contribution in [0.15, 0.2) is 18.2 Å². The molecule has 1 aromatic carbocycles. The van der Waals surface area contributed by atoms with Gasteiger partial charge in [0.1, 0.15) is 0 Å². The third-order valence-electron chi connectivity index (χ3n) is 3.18. The Kier molecular flexibility index (Phi) is 6.18. The highest BCUT2D eigenvalue weighted by atomic mass is 16.2. The van der Waals surface area contributed by atoms with Gasteiger partial charge in [-0.15, -0.1) is 0 Å². The molecule has 1 aromatic rings. The Labute approximate surface area is 119 Å². The van der Waals surface area contributed by atoms with Gasteiger partial charge in [0, 0.05) is 18.3 Å². The minimum atomic E-state index is -0.493. The summed E-state index contributed by atoms with van der Waals surface area (Å²) in [7, 11) is 1.58. The summed E-state index contributed by atoms with van der Waals surface area (Å²) >= 11 is 0. The van der Waals surface area contributed by atoms with E-state index in [1.54, 1.807) is 25.2 Å². The standard InChI is InChI=1S/C15H23N3O2/c1-4-5-6-12(16)15(20)18-13-8-7-11(9-10(13)2)14(19)17-3/h7-9,12H,4-6,16H2,1-3H3,(H,17,19)(H,18,20)/t12-/m0/s1. The number of aryl methyl sites for hydroxylation is 1. The van der Waals surface area contributed by atoms with E-state index in [0.717, 1.165) is 18.4 Å². The number of amides is 2. The normalized spacial score (nSPS) is 11.8. The summed E-state index contributed by atoms with van der Waals surface area (Å²) in [5.41, 5.74) is 7.92. The molecular formula is C15H23N3O2. The Bertz CT molecular complexity index is 486. The zero-order valence-electron chi connectivity index (χ0n) is 12.3. The molecule has 0 radical (unpaired) electrons. The van der Waals surface area contributed by atoms with Gasteiger partial charge >= 0.3 is 0 Å². The molecule has 0 unspecified atom stereocenters. The smallest absolute Gasteiger partial charge is 0.251 e. The molecule has 4 N–H and O–H groups in total. The monoisotopic (exact) mass is 277 g/mol. The van der Waals surface area contributed by atoms with Gasteiger partial charge in [0.05, 0.1) is 6.04 Å². The topological polar surface area (TPSA) is 84.2 Å². The SMILES string of the molecule is CCCC[C@H](N)C(=O)Nc1ccc(C(=O)NC)cc1C. The molecule has 0 fully saturated rings. The van der Waals surface area contributed by atoms with Gasteiger partial charge in [-0.3, -0.25) is 9.59 Å². The van der Waals surface area contributed by atoms with E-state index in [1.165, 1.54) is 0 Å². The van der Waals surface area contributed by atoms with Crippen molar-refractivity contribution in [1.29, 1.82) is 0 Å². The molecular weight excluding hydrogens is 254 g/mol. The molecule has 0 spiro atoms. The van der Waals surface area contributed by atoms with Crippen molar-refractivity contribution in [1.82, 2.24) is 5.32 Å². The van der Waals surface area contributed by atoms with Gasteiger partial charge < -0.3 is 16.4 Å². The fourth-order valence-electron chi connectivity index (χ4n) is 1.87. The average molecular weight is 277 g/mol. The molecule has 0 saturated heterocycles. The first-order chi connectivity index (χ1) is 9.49. The predicted molar refractivity (Wildman–Crippen MR) is 80.7 cm³/mol.